The smallest absolute Gasteiger partial charge is 0.339 e. The minimum absolute atomic E-state index is 0.0207. The zero-order chi connectivity index (χ0) is 18.8. The van der Waals surface area contributed by atoms with E-state index in [-0.39, 0.29) is 16.8 Å². The quantitative estimate of drug-likeness (QED) is 0.594. The van der Waals surface area contributed by atoms with Gasteiger partial charge in [0.2, 0.25) is 0 Å². The summed E-state index contributed by atoms with van der Waals surface area (Å²) < 4.78 is 3.00. The third-order valence-electron chi connectivity index (χ3n) is 4.46. The number of hydrogen-bond acceptors (Lipinski definition) is 3. The van der Waals surface area contributed by atoms with Gasteiger partial charge < -0.3 is 9.67 Å². The molecule has 2 aromatic rings. The second kappa shape index (κ2) is 6.92. The van der Waals surface area contributed by atoms with E-state index < -0.39 is 5.97 Å². The average molecular weight is 359 g/mol. The van der Waals surface area contributed by atoms with Gasteiger partial charge in [-0.2, -0.15) is 9.78 Å². The van der Waals surface area contributed by atoms with E-state index in [2.05, 4.69) is 5.10 Å². The van der Waals surface area contributed by atoms with Crippen LogP contribution in [0.25, 0.3) is 16.9 Å². The summed E-state index contributed by atoms with van der Waals surface area (Å²) in [5.41, 5.74) is 1.94. The van der Waals surface area contributed by atoms with Crippen molar-refractivity contribution in [1.29, 1.82) is 0 Å². The zero-order valence-corrected chi connectivity index (χ0v) is 14.4. The molecule has 27 heavy (non-hydrogen) atoms. The Kier molecular flexibility index (Phi) is 4.30. The molecule has 2 aliphatic rings. The van der Waals surface area contributed by atoms with E-state index in [0.717, 1.165) is 12.0 Å². The number of hydrogen-bond donors (Lipinski definition) is 1. The van der Waals surface area contributed by atoms with Crippen molar-refractivity contribution in [3.63, 3.8) is 0 Å². The van der Waals surface area contributed by atoms with E-state index in [1.165, 1.54) is 10.9 Å². The maximum Gasteiger partial charge on any atom is 0.339 e. The van der Waals surface area contributed by atoms with Crippen LogP contribution in [0.15, 0.2) is 77.9 Å². The van der Waals surface area contributed by atoms with E-state index in [4.69, 9.17) is 0 Å². The van der Waals surface area contributed by atoms with Gasteiger partial charge in [-0.15, -0.1) is 0 Å². The Morgan fingerprint density at radius 1 is 0.963 bits per heavy atom. The fourth-order valence-corrected chi connectivity index (χ4v) is 3.09. The SMILES string of the molecule is O=C(O)c1cn(CCc2ccccc2)cc2c(=O)n(-c3ccccc3)nc1-2. The van der Waals surface area contributed by atoms with Gasteiger partial charge in [0.25, 0.3) is 5.56 Å². The molecule has 2 aliphatic heterocycles. The molecule has 0 atom stereocenters. The monoisotopic (exact) mass is 359 g/mol. The number of benzene rings is 2. The molecule has 2 heterocycles. The molecule has 0 saturated carbocycles. The molecule has 0 unspecified atom stereocenters. The molecule has 2 aromatic carbocycles. The summed E-state index contributed by atoms with van der Waals surface area (Å²) in [6.45, 7) is 0.566. The maximum atomic E-state index is 12.8. The number of nitrogens with zero attached hydrogens (tertiary/aromatic N) is 3. The van der Waals surface area contributed by atoms with E-state index in [9.17, 15) is 14.7 Å². The standard InChI is InChI=1S/C21H17N3O3/c25-20-17-13-23(12-11-15-7-3-1-4-8-15)14-18(21(26)27)19(17)22-24(20)16-9-5-2-6-10-16/h1-10,13-14H,11-12H2,(H,26,27). The maximum absolute atomic E-state index is 12.8. The molecule has 0 spiro atoms. The van der Waals surface area contributed by atoms with Gasteiger partial charge in [0.05, 0.1) is 11.3 Å². The second-order valence-electron chi connectivity index (χ2n) is 6.27. The topological polar surface area (TPSA) is 77.1 Å². The number of para-hydroxylation sites is 1. The first-order valence-corrected chi connectivity index (χ1v) is 8.59. The van der Waals surface area contributed by atoms with Gasteiger partial charge in [-0.3, -0.25) is 4.79 Å². The van der Waals surface area contributed by atoms with Gasteiger partial charge in [0, 0.05) is 18.9 Å². The Hall–Kier alpha value is -3.67. The number of carboxylic acid groups (broad SMARTS) is 1. The molecule has 0 amide bonds. The molecule has 0 bridgehead atoms. The lowest BCUT2D eigenvalue weighted by atomic mass is 10.1. The molecule has 0 fully saturated rings. The third kappa shape index (κ3) is 3.25. The minimum atomic E-state index is -1.10. The van der Waals surface area contributed by atoms with Crippen LogP contribution in [-0.4, -0.2) is 25.4 Å². The number of aromatic carboxylic acids is 1. The molecule has 134 valence electrons. The molecule has 6 heteroatoms. The highest BCUT2D eigenvalue weighted by Crippen LogP contribution is 2.22. The summed E-state index contributed by atoms with van der Waals surface area (Å²) in [7, 11) is 0. The van der Waals surface area contributed by atoms with E-state index in [0.29, 0.717) is 17.8 Å². The van der Waals surface area contributed by atoms with Crippen LogP contribution in [0.1, 0.15) is 15.9 Å². The van der Waals surface area contributed by atoms with Crippen molar-refractivity contribution in [2.45, 2.75) is 13.0 Å². The molecule has 1 N–H and O–H groups in total. The van der Waals surface area contributed by atoms with Crippen molar-refractivity contribution in [3.05, 3.63) is 94.5 Å². The van der Waals surface area contributed by atoms with Crippen LogP contribution in [0.5, 0.6) is 0 Å². The van der Waals surface area contributed by atoms with Gasteiger partial charge >= 0.3 is 5.97 Å². The van der Waals surface area contributed by atoms with Crippen molar-refractivity contribution < 1.29 is 9.90 Å². The molecular formula is C21H17N3O3. The summed E-state index contributed by atoms with van der Waals surface area (Å²) in [5, 5.41) is 13.9. The Morgan fingerprint density at radius 2 is 1.63 bits per heavy atom. The number of pyridine rings is 1. The van der Waals surface area contributed by atoms with E-state index >= 15 is 0 Å². The van der Waals surface area contributed by atoms with Crippen LogP contribution >= 0.6 is 0 Å². The lowest BCUT2D eigenvalue weighted by Crippen LogP contribution is -2.15. The second-order valence-corrected chi connectivity index (χ2v) is 6.27. The van der Waals surface area contributed by atoms with Crippen molar-refractivity contribution in [2.75, 3.05) is 0 Å². The van der Waals surface area contributed by atoms with Crippen molar-refractivity contribution in [2.24, 2.45) is 0 Å². The largest absolute Gasteiger partial charge is 0.478 e. The molecule has 6 nitrogen and oxygen atoms in total. The summed E-state index contributed by atoms with van der Waals surface area (Å²) in [6, 6.07) is 18.9. The first-order valence-electron chi connectivity index (χ1n) is 8.59. The van der Waals surface area contributed by atoms with Crippen molar-refractivity contribution in [1.82, 2.24) is 14.3 Å². The normalized spacial score (nSPS) is 11.0. The summed E-state index contributed by atoms with van der Waals surface area (Å²) >= 11 is 0. The van der Waals surface area contributed by atoms with Crippen molar-refractivity contribution in [3.8, 4) is 16.9 Å². The highest BCUT2D eigenvalue weighted by molar-refractivity contribution is 5.94. The first kappa shape index (κ1) is 16.8. The molecule has 0 saturated heterocycles. The van der Waals surface area contributed by atoms with Gasteiger partial charge in [0.1, 0.15) is 11.3 Å². The highest BCUT2D eigenvalue weighted by atomic mass is 16.4. The number of aryl methyl sites for hydroxylation is 2. The Labute approximate surface area is 155 Å². The van der Waals surface area contributed by atoms with Gasteiger partial charge in [0.15, 0.2) is 0 Å². The zero-order valence-electron chi connectivity index (χ0n) is 14.4. The lowest BCUT2D eigenvalue weighted by molar-refractivity contribution is 0.0696. The van der Waals surface area contributed by atoms with Crippen LogP contribution in [0.3, 0.4) is 0 Å². The van der Waals surface area contributed by atoms with Crippen LogP contribution in [0.4, 0.5) is 0 Å². The Bertz CT molecular complexity index is 1110. The Morgan fingerprint density at radius 3 is 2.30 bits per heavy atom. The predicted octanol–water partition coefficient (Wildman–Crippen LogP) is 3.08. The molecule has 4 rings (SSSR count). The molecule has 0 radical (unpaired) electrons. The van der Waals surface area contributed by atoms with Crippen LogP contribution in [0, 0.1) is 0 Å². The number of carbonyl (C=O) groups is 1. The molecular weight excluding hydrogens is 342 g/mol. The van der Waals surface area contributed by atoms with Gasteiger partial charge in [-0.25, -0.2) is 4.79 Å². The van der Waals surface area contributed by atoms with Crippen LogP contribution in [0.2, 0.25) is 0 Å². The van der Waals surface area contributed by atoms with Crippen LogP contribution < -0.4 is 5.56 Å². The average Bonchev–Trinajstić information content (AvgIpc) is 3.04. The van der Waals surface area contributed by atoms with Gasteiger partial charge in [-0.1, -0.05) is 48.5 Å². The number of rotatable bonds is 5. The van der Waals surface area contributed by atoms with E-state index in [1.54, 1.807) is 35.0 Å². The summed E-state index contributed by atoms with van der Waals surface area (Å²) in [6.07, 6.45) is 3.95. The fraction of sp³-hybridized carbons (Fsp3) is 0.0952. The van der Waals surface area contributed by atoms with Crippen molar-refractivity contribution >= 4 is 5.97 Å². The Balaban J connectivity index is 1.78. The lowest BCUT2D eigenvalue weighted by Gasteiger charge is -2.10. The number of aromatic nitrogens is 3. The molecule has 0 aromatic heterocycles. The fourth-order valence-electron chi connectivity index (χ4n) is 3.09. The van der Waals surface area contributed by atoms with E-state index in [1.807, 2.05) is 36.4 Å². The van der Waals surface area contributed by atoms with Crippen LogP contribution in [-0.2, 0) is 13.0 Å². The molecule has 0 aliphatic carbocycles. The van der Waals surface area contributed by atoms with Gasteiger partial charge in [-0.05, 0) is 24.1 Å². The summed E-state index contributed by atoms with van der Waals surface area (Å²) in [4.78, 5) is 24.6. The number of carboxylic acids is 1. The minimum Gasteiger partial charge on any atom is -0.478 e. The number of fused-ring (bicyclic) bond motifs is 1. The first-order chi connectivity index (χ1) is 13.1. The predicted molar refractivity (Wildman–Crippen MR) is 102 cm³/mol. The third-order valence-corrected chi connectivity index (χ3v) is 4.46. The summed E-state index contributed by atoms with van der Waals surface area (Å²) in [5.74, 6) is -1.10. The highest BCUT2D eigenvalue weighted by Gasteiger charge is 2.24.